The number of alkyl halides is 6. The van der Waals surface area contributed by atoms with E-state index in [1.54, 1.807) is 0 Å². The van der Waals surface area contributed by atoms with Gasteiger partial charge in [-0.25, -0.2) is 0 Å². The average molecular weight is 474 g/mol. The summed E-state index contributed by atoms with van der Waals surface area (Å²) >= 11 is 0.518. The molecule has 1 N–H and O–H groups in total. The van der Waals surface area contributed by atoms with Crippen LogP contribution in [0.5, 0.6) is 17.2 Å². The fraction of sp³-hybridized carbons (Fsp3) is 0.105. The summed E-state index contributed by atoms with van der Waals surface area (Å²) in [5, 5.41) is 10.1. The van der Waals surface area contributed by atoms with Crippen LogP contribution in [0.3, 0.4) is 0 Å². The van der Waals surface area contributed by atoms with Gasteiger partial charge in [0.2, 0.25) is 0 Å². The fourth-order valence-corrected chi connectivity index (χ4v) is 3.19. The van der Waals surface area contributed by atoms with Crippen LogP contribution in [0, 0.1) is 11.3 Å². The summed E-state index contributed by atoms with van der Waals surface area (Å²) < 4.78 is 87.5. The van der Waals surface area contributed by atoms with Gasteiger partial charge in [0.25, 0.3) is 11.1 Å². The Labute approximate surface area is 179 Å². The molecule has 0 unspecified atom stereocenters. The molecule has 2 amide bonds. The minimum Gasteiger partial charge on any atom is -0.453 e. The molecule has 166 valence electrons. The molecule has 1 fully saturated rings. The summed E-state index contributed by atoms with van der Waals surface area (Å²) in [5.74, 6) is -3.31. The van der Waals surface area contributed by atoms with Crippen LogP contribution < -0.4 is 14.8 Å². The number of carbonyl (C=O) groups excluding carboxylic acids is 2. The summed E-state index contributed by atoms with van der Waals surface area (Å²) in [6.45, 7) is 0. The van der Waals surface area contributed by atoms with E-state index in [-0.39, 0.29) is 16.0 Å². The first-order valence-corrected chi connectivity index (χ1v) is 9.11. The first kappa shape index (κ1) is 23.0. The number of benzene rings is 2. The van der Waals surface area contributed by atoms with E-state index in [4.69, 9.17) is 10.00 Å². The molecule has 6 nitrogen and oxygen atoms in total. The predicted molar refractivity (Wildman–Crippen MR) is 98.5 cm³/mol. The van der Waals surface area contributed by atoms with Crippen LogP contribution in [0.15, 0.2) is 41.3 Å². The number of halogens is 6. The van der Waals surface area contributed by atoms with Gasteiger partial charge >= 0.3 is 12.5 Å². The van der Waals surface area contributed by atoms with Gasteiger partial charge in [0.15, 0.2) is 11.5 Å². The SMILES string of the molecule is N#Cc1ccc(Oc2ccc(C=C3SC(=O)NC3=O)cc2OC(F)(F)F)c(C(F)(F)F)c1. The van der Waals surface area contributed by atoms with Gasteiger partial charge in [0, 0.05) is 0 Å². The second-order valence-electron chi connectivity index (χ2n) is 6.03. The highest BCUT2D eigenvalue weighted by Gasteiger charge is 2.36. The lowest BCUT2D eigenvalue weighted by atomic mass is 10.1. The van der Waals surface area contributed by atoms with Crippen LogP contribution in [0.25, 0.3) is 6.08 Å². The molecule has 2 aromatic carbocycles. The first-order valence-electron chi connectivity index (χ1n) is 8.29. The third-order valence-corrected chi connectivity index (χ3v) is 4.58. The van der Waals surface area contributed by atoms with E-state index >= 15 is 0 Å². The van der Waals surface area contributed by atoms with E-state index in [2.05, 4.69) is 4.74 Å². The Morgan fingerprint density at radius 1 is 0.969 bits per heavy atom. The summed E-state index contributed by atoms with van der Waals surface area (Å²) in [6.07, 6.45) is -9.07. The van der Waals surface area contributed by atoms with Crippen molar-refractivity contribution in [2.24, 2.45) is 0 Å². The van der Waals surface area contributed by atoms with Gasteiger partial charge in [-0.15, -0.1) is 13.2 Å². The van der Waals surface area contributed by atoms with Crippen LogP contribution in [0.1, 0.15) is 16.7 Å². The van der Waals surface area contributed by atoms with Gasteiger partial charge in [-0.3, -0.25) is 14.9 Å². The van der Waals surface area contributed by atoms with Gasteiger partial charge in [-0.1, -0.05) is 6.07 Å². The molecule has 0 atom stereocenters. The van der Waals surface area contributed by atoms with Crippen LogP contribution in [0.2, 0.25) is 0 Å². The van der Waals surface area contributed by atoms with E-state index < -0.39 is 46.5 Å². The molecule has 0 aromatic heterocycles. The van der Waals surface area contributed by atoms with Crippen molar-refractivity contribution in [2.45, 2.75) is 12.5 Å². The monoisotopic (exact) mass is 474 g/mol. The van der Waals surface area contributed by atoms with Gasteiger partial charge < -0.3 is 9.47 Å². The van der Waals surface area contributed by atoms with E-state index in [0.29, 0.717) is 17.8 Å². The molecular weight excluding hydrogens is 466 g/mol. The Bertz CT molecular complexity index is 1170. The molecule has 3 rings (SSSR count). The van der Waals surface area contributed by atoms with Gasteiger partial charge in [-0.2, -0.15) is 18.4 Å². The maximum absolute atomic E-state index is 13.3. The van der Waals surface area contributed by atoms with Crippen LogP contribution in [0.4, 0.5) is 31.1 Å². The minimum atomic E-state index is -5.21. The molecule has 32 heavy (non-hydrogen) atoms. The third kappa shape index (κ3) is 5.52. The zero-order valence-electron chi connectivity index (χ0n) is 15.3. The van der Waals surface area contributed by atoms with Crippen molar-refractivity contribution in [1.29, 1.82) is 5.26 Å². The van der Waals surface area contributed by atoms with Gasteiger partial charge in [0.05, 0.1) is 22.1 Å². The number of hydrogen-bond donors (Lipinski definition) is 1. The van der Waals surface area contributed by atoms with E-state index in [1.807, 2.05) is 5.32 Å². The molecule has 1 aliphatic rings. The molecule has 2 aromatic rings. The van der Waals surface area contributed by atoms with E-state index in [0.717, 1.165) is 36.4 Å². The van der Waals surface area contributed by atoms with E-state index in [9.17, 15) is 35.9 Å². The first-order chi connectivity index (χ1) is 14.9. The van der Waals surface area contributed by atoms with Crippen LogP contribution >= 0.6 is 11.8 Å². The summed E-state index contributed by atoms with van der Waals surface area (Å²) in [4.78, 5) is 22.7. The Balaban J connectivity index is 2.04. The molecular formula is C19H8F6N2O4S. The molecule has 0 radical (unpaired) electrons. The normalized spacial score (nSPS) is 15.5. The van der Waals surface area contributed by atoms with Crippen LogP contribution in [-0.2, 0) is 11.0 Å². The number of nitrogens with one attached hydrogen (secondary N) is 1. The molecule has 1 aliphatic heterocycles. The lowest BCUT2D eigenvalue weighted by molar-refractivity contribution is -0.275. The smallest absolute Gasteiger partial charge is 0.453 e. The second kappa shape index (κ2) is 8.46. The topological polar surface area (TPSA) is 88.4 Å². The second-order valence-corrected chi connectivity index (χ2v) is 7.04. The molecule has 0 aliphatic carbocycles. The number of amides is 2. The summed E-state index contributed by atoms with van der Waals surface area (Å²) in [7, 11) is 0. The zero-order chi connectivity index (χ0) is 23.7. The summed E-state index contributed by atoms with van der Waals surface area (Å²) in [6, 6.07) is 6.65. The number of nitrogens with zero attached hydrogens (tertiary/aromatic N) is 1. The average Bonchev–Trinajstić information content (AvgIpc) is 2.98. The minimum absolute atomic E-state index is 0.0141. The number of imide groups is 1. The van der Waals surface area contributed by atoms with Crippen molar-refractivity contribution < 1.29 is 45.4 Å². The Kier molecular flexibility index (Phi) is 6.09. The number of nitriles is 1. The standard InChI is InChI=1S/C19H8F6N2O4S/c20-18(21,22)11-5-10(8-26)2-3-12(11)30-13-4-1-9(6-14(13)31-19(23,24)25)7-15-16(28)27-17(29)32-15/h1-7H,(H,27,28,29). The highest BCUT2D eigenvalue weighted by atomic mass is 32.2. The lowest BCUT2D eigenvalue weighted by Crippen LogP contribution is -2.18. The molecule has 13 heteroatoms. The van der Waals surface area contributed by atoms with Crippen molar-refractivity contribution in [3.8, 4) is 23.3 Å². The molecule has 1 heterocycles. The predicted octanol–water partition coefficient (Wildman–Crippen LogP) is 5.59. The number of ether oxygens (including phenoxy) is 2. The highest BCUT2D eigenvalue weighted by Crippen LogP contribution is 2.42. The number of rotatable bonds is 4. The Morgan fingerprint density at radius 3 is 2.22 bits per heavy atom. The van der Waals surface area contributed by atoms with Crippen molar-refractivity contribution in [1.82, 2.24) is 5.32 Å². The molecule has 0 spiro atoms. The van der Waals surface area contributed by atoms with Crippen molar-refractivity contribution in [2.75, 3.05) is 0 Å². The maximum atomic E-state index is 13.3. The van der Waals surface area contributed by atoms with Gasteiger partial charge in [0.1, 0.15) is 5.75 Å². The third-order valence-electron chi connectivity index (χ3n) is 3.77. The maximum Gasteiger partial charge on any atom is 0.573 e. The number of hydrogen-bond acceptors (Lipinski definition) is 6. The summed E-state index contributed by atoms with van der Waals surface area (Å²) in [5.41, 5.74) is -1.72. The fourth-order valence-electron chi connectivity index (χ4n) is 2.50. The van der Waals surface area contributed by atoms with Crippen molar-refractivity contribution in [3.63, 3.8) is 0 Å². The van der Waals surface area contributed by atoms with Crippen LogP contribution in [-0.4, -0.2) is 17.5 Å². The highest BCUT2D eigenvalue weighted by molar-refractivity contribution is 8.18. The Morgan fingerprint density at radius 2 is 1.66 bits per heavy atom. The van der Waals surface area contributed by atoms with E-state index in [1.165, 1.54) is 6.07 Å². The Hall–Kier alpha value is -3.66. The number of thioether (sulfide) groups is 1. The molecule has 0 saturated carbocycles. The van der Waals surface area contributed by atoms with Gasteiger partial charge in [-0.05, 0) is 53.7 Å². The lowest BCUT2D eigenvalue weighted by Gasteiger charge is -2.17. The quantitative estimate of drug-likeness (QED) is 0.459. The molecule has 1 saturated heterocycles. The van der Waals surface area contributed by atoms with Crippen molar-refractivity contribution >= 4 is 29.0 Å². The largest absolute Gasteiger partial charge is 0.573 e. The molecule has 0 bridgehead atoms. The zero-order valence-corrected chi connectivity index (χ0v) is 16.1. The number of carbonyl (C=O) groups is 2. The van der Waals surface area contributed by atoms with Crippen molar-refractivity contribution in [3.05, 3.63) is 58.0 Å².